The summed E-state index contributed by atoms with van der Waals surface area (Å²) in [4.78, 5) is 21.8. The Labute approximate surface area is 164 Å². The Bertz CT molecular complexity index is 1050. The summed E-state index contributed by atoms with van der Waals surface area (Å²) in [6, 6.07) is 13.3. The van der Waals surface area contributed by atoms with Crippen LogP contribution in [0.4, 0.5) is 10.1 Å². The zero-order valence-electron chi connectivity index (χ0n) is 15.1. The second-order valence-corrected chi connectivity index (χ2v) is 5.90. The summed E-state index contributed by atoms with van der Waals surface area (Å²) in [5.41, 5.74) is 3.21. The second kappa shape index (κ2) is 9.22. The quantitative estimate of drug-likeness (QED) is 0.357. The van der Waals surface area contributed by atoms with Crippen molar-refractivity contribution in [1.29, 1.82) is 0 Å². The van der Waals surface area contributed by atoms with Gasteiger partial charge in [0.1, 0.15) is 37.1 Å². The van der Waals surface area contributed by atoms with Gasteiger partial charge in [-0.15, -0.1) is 0 Å². The van der Waals surface area contributed by atoms with Crippen molar-refractivity contribution in [3.05, 3.63) is 88.0 Å². The average molecular weight is 397 g/mol. The lowest BCUT2D eigenvalue weighted by molar-refractivity contribution is -0.385. The van der Waals surface area contributed by atoms with Crippen LogP contribution in [-0.2, 0) is 17.9 Å². The number of nitro groups is 1. The van der Waals surface area contributed by atoms with Crippen LogP contribution in [0, 0.1) is 15.9 Å². The van der Waals surface area contributed by atoms with Crippen LogP contribution in [0.2, 0.25) is 0 Å². The van der Waals surface area contributed by atoms with E-state index in [1.165, 1.54) is 12.3 Å². The van der Waals surface area contributed by atoms with Crippen molar-refractivity contribution >= 4 is 17.8 Å². The zero-order chi connectivity index (χ0) is 20.6. The fraction of sp³-hybridized carbons (Fsp3) is 0.105. The van der Waals surface area contributed by atoms with Gasteiger partial charge in [-0.2, -0.15) is 10.2 Å². The van der Waals surface area contributed by atoms with Crippen LogP contribution in [0.3, 0.4) is 0 Å². The van der Waals surface area contributed by atoms with Crippen LogP contribution in [-0.4, -0.2) is 26.8 Å². The first-order valence-corrected chi connectivity index (χ1v) is 8.46. The summed E-state index contributed by atoms with van der Waals surface area (Å²) < 4.78 is 20.4. The maximum Gasteiger partial charge on any atom is 0.307 e. The van der Waals surface area contributed by atoms with Gasteiger partial charge in [-0.1, -0.05) is 30.3 Å². The van der Waals surface area contributed by atoms with Crippen LogP contribution in [0.15, 0.2) is 66.0 Å². The molecule has 9 nitrogen and oxygen atoms in total. The number of hydrogen-bond donors (Lipinski definition) is 1. The maximum atomic E-state index is 13.6. The fourth-order valence-corrected chi connectivity index (χ4v) is 2.36. The molecular weight excluding hydrogens is 381 g/mol. The molecule has 0 bridgehead atoms. The molecule has 1 N–H and O–H groups in total. The molecule has 0 atom stereocenters. The molecule has 148 valence electrons. The fourth-order valence-electron chi connectivity index (χ4n) is 2.36. The lowest BCUT2D eigenvalue weighted by Crippen LogP contribution is -2.23. The topological polar surface area (TPSA) is 112 Å². The number of carbonyl (C=O) groups excluding carboxylic acids is 1. The molecule has 3 rings (SSSR count). The molecule has 0 fully saturated rings. The molecule has 0 spiro atoms. The number of hydrogen-bond acceptors (Lipinski definition) is 6. The largest absolute Gasteiger partial charge is 0.489 e. The van der Waals surface area contributed by atoms with Gasteiger partial charge < -0.3 is 4.74 Å². The van der Waals surface area contributed by atoms with E-state index >= 15 is 0 Å². The van der Waals surface area contributed by atoms with Crippen molar-refractivity contribution in [1.82, 2.24) is 15.2 Å². The number of aromatic nitrogens is 2. The van der Waals surface area contributed by atoms with Gasteiger partial charge in [0, 0.05) is 5.56 Å². The lowest BCUT2D eigenvalue weighted by Gasteiger charge is -2.07. The number of amides is 1. The van der Waals surface area contributed by atoms with E-state index in [1.54, 1.807) is 42.5 Å². The first-order valence-electron chi connectivity index (χ1n) is 8.46. The van der Waals surface area contributed by atoms with Crippen LogP contribution >= 0.6 is 0 Å². The summed E-state index contributed by atoms with van der Waals surface area (Å²) in [6.45, 7) is -0.128. The Morgan fingerprint density at radius 3 is 2.90 bits per heavy atom. The molecule has 0 aliphatic carbocycles. The molecule has 10 heteroatoms. The highest BCUT2D eigenvalue weighted by Crippen LogP contribution is 2.15. The number of nitrogens with one attached hydrogen (secondary N) is 1. The molecule has 1 amide bonds. The normalized spacial score (nSPS) is 10.8. The van der Waals surface area contributed by atoms with Gasteiger partial charge in [-0.25, -0.2) is 9.82 Å². The summed E-state index contributed by atoms with van der Waals surface area (Å²) in [7, 11) is 0. The highest BCUT2D eigenvalue weighted by atomic mass is 19.1. The maximum absolute atomic E-state index is 13.6. The van der Waals surface area contributed by atoms with Crippen molar-refractivity contribution < 1.29 is 18.8 Å². The Hall–Kier alpha value is -4.08. The number of halogens is 1. The van der Waals surface area contributed by atoms with E-state index in [0.29, 0.717) is 16.9 Å². The highest BCUT2D eigenvalue weighted by molar-refractivity contribution is 5.82. The third-order valence-corrected chi connectivity index (χ3v) is 3.75. The summed E-state index contributed by atoms with van der Waals surface area (Å²) in [5.74, 6) is -0.311. The van der Waals surface area contributed by atoms with E-state index in [0.717, 1.165) is 17.1 Å². The molecule has 0 unspecified atom stereocenters. The Balaban J connectivity index is 1.52. The van der Waals surface area contributed by atoms with E-state index in [9.17, 15) is 19.3 Å². The first-order chi connectivity index (χ1) is 14.0. The minimum absolute atomic E-state index is 0.0833. The number of carbonyl (C=O) groups is 1. The van der Waals surface area contributed by atoms with Gasteiger partial charge >= 0.3 is 5.69 Å². The number of nitrogens with zero attached hydrogens (tertiary/aromatic N) is 4. The number of ether oxygens (including phenoxy) is 1. The predicted molar refractivity (Wildman–Crippen MR) is 102 cm³/mol. The van der Waals surface area contributed by atoms with Crippen molar-refractivity contribution in [3.63, 3.8) is 0 Å². The number of benzene rings is 2. The summed E-state index contributed by atoms with van der Waals surface area (Å²) >= 11 is 0. The van der Waals surface area contributed by atoms with Gasteiger partial charge in [-0.05, 0) is 23.8 Å². The number of hydrazone groups is 1. The average Bonchev–Trinajstić information content (AvgIpc) is 3.16. The third-order valence-electron chi connectivity index (χ3n) is 3.75. The predicted octanol–water partition coefficient (Wildman–Crippen LogP) is 2.66. The third kappa shape index (κ3) is 5.70. The Morgan fingerprint density at radius 2 is 2.14 bits per heavy atom. The monoisotopic (exact) mass is 397 g/mol. The number of rotatable bonds is 8. The second-order valence-electron chi connectivity index (χ2n) is 5.90. The van der Waals surface area contributed by atoms with E-state index in [2.05, 4.69) is 15.6 Å². The molecule has 0 saturated heterocycles. The molecular formula is C19H16FN5O4. The Morgan fingerprint density at radius 1 is 1.31 bits per heavy atom. The van der Waals surface area contributed by atoms with Crippen LogP contribution < -0.4 is 10.2 Å². The van der Waals surface area contributed by atoms with E-state index in [-0.39, 0.29) is 24.7 Å². The van der Waals surface area contributed by atoms with Crippen LogP contribution in [0.25, 0.3) is 0 Å². The van der Waals surface area contributed by atoms with Gasteiger partial charge in [0.25, 0.3) is 5.91 Å². The zero-order valence-corrected chi connectivity index (χ0v) is 15.1. The molecule has 0 aliphatic heterocycles. The lowest BCUT2D eigenvalue weighted by atomic mass is 10.2. The molecule has 2 aromatic carbocycles. The summed E-state index contributed by atoms with van der Waals surface area (Å²) in [6.07, 6.45) is 3.63. The van der Waals surface area contributed by atoms with Crippen molar-refractivity contribution in [2.45, 2.75) is 13.2 Å². The van der Waals surface area contributed by atoms with Gasteiger partial charge in [0.15, 0.2) is 0 Å². The Kier molecular flexibility index (Phi) is 6.25. The van der Waals surface area contributed by atoms with Gasteiger partial charge in [0.2, 0.25) is 0 Å². The molecule has 1 aromatic heterocycles. The summed E-state index contributed by atoms with van der Waals surface area (Å²) in [5, 5.41) is 18.2. The van der Waals surface area contributed by atoms with E-state index in [1.807, 2.05) is 0 Å². The van der Waals surface area contributed by atoms with Crippen molar-refractivity contribution in [2.24, 2.45) is 5.10 Å². The smallest absolute Gasteiger partial charge is 0.307 e. The minimum Gasteiger partial charge on any atom is -0.489 e. The SMILES string of the molecule is O=C(Cn1cc([N+](=O)[O-])cn1)N/N=C/c1cccc(OCc2ccccc2F)c1. The van der Waals surface area contributed by atoms with Gasteiger partial charge in [-0.3, -0.25) is 19.6 Å². The van der Waals surface area contributed by atoms with Gasteiger partial charge in [0.05, 0.1) is 11.1 Å². The molecule has 1 heterocycles. The molecule has 0 aliphatic rings. The van der Waals surface area contributed by atoms with Crippen LogP contribution in [0.1, 0.15) is 11.1 Å². The minimum atomic E-state index is -0.596. The van der Waals surface area contributed by atoms with Crippen molar-refractivity contribution in [2.75, 3.05) is 0 Å². The molecule has 29 heavy (non-hydrogen) atoms. The van der Waals surface area contributed by atoms with E-state index in [4.69, 9.17) is 4.74 Å². The van der Waals surface area contributed by atoms with E-state index < -0.39 is 10.8 Å². The highest BCUT2D eigenvalue weighted by Gasteiger charge is 2.10. The first kappa shape index (κ1) is 19.7. The molecule has 0 saturated carbocycles. The molecule has 0 radical (unpaired) electrons. The molecule has 3 aromatic rings. The van der Waals surface area contributed by atoms with Crippen LogP contribution in [0.5, 0.6) is 5.75 Å². The van der Waals surface area contributed by atoms with Crippen molar-refractivity contribution in [3.8, 4) is 5.75 Å². The standard InChI is InChI=1S/C19H16FN5O4/c20-18-7-2-1-5-15(18)13-29-17-6-3-4-14(8-17)9-21-23-19(26)12-24-11-16(10-22-24)25(27)28/h1-11H,12-13H2,(H,23,26)/b21-9+.